The molecule has 0 N–H and O–H groups in total. The SMILES string of the molecule is CC(C)=Nc1cccc(-n2nnnc2SCCS(=O)(=O)c2ccccc2)c1. The van der Waals surface area contributed by atoms with E-state index >= 15 is 0 Å². The summed E-state index contributed by atoms with van der Waals surface area (Å²) < 4.78 is 26.3. The Labute approximate surface area is 162 Å². The van der Waals surface area contributed by atoms with Gasteiger partial charge in [0, 0.05) is 11.5 Å². The molecule has 0 amide bonds. The zero-order valence-corrected chi connectivity index (χ0v) is 16.6. The number of rotatable bonds is 7. The largest absolute Gasteiger partial charge is 0.258 e. The standard InChI is InChI=1S/C18H19N5O2S2/c1-14(2)19-15-7-6-8-16(13-15)23-18(20-21-22-23)26-11-12-27(24,25)17-9-4-3-5-10-17/h3-10,13H,11-12H2,1-2H3. The minimum absolute atomic E-state index is 0.00784. The smallest absolute Gasteiger partial charge is 0.214 e. The van der Waals surface area contributed by atoms with Crippen molar-refractivity contribution in [2.45, 2.75) is 23.9 Å². The number of aromatic nitrogens is 4. The predicted molar refractivity (Wildman–Crippen MR) is 107 cm³/mol. The summed E-state index contributed by atoms with van der Waals surface area (Å²) in [6, 6.07) is 16.0. The average Bonchev–Trinajstić information content (AvgIpc) is 3.10. The van der Waals surface area contributed by atoms with Crippen LogP contribution >= 0.6 is 11.8 Å². The van der Waals surface area contributed by atoms with Crippen LogP contribution < -0.4 is 0 Å². The second-order valence-electron chi connectivity index (χ2n) is 5.93. The first-order valence-electron chi connectivity index (χ1n) is 8.27. The molecule has 9 heteroatoms. The highest BCUT2D eigenvalue weighted by atomic mass is 32.2. The number of tetrazole rings is 1. The van der Waals surface area contributed by atoms with Crippen molar-refractivity contribution in [2.75, 3.05) is 11.5 Å². The molecule has 140 valence electrons. The van der Waals surface area contributed by atoms with Crippen LogP contribution in [0.3, 0.4) is 0 Å². The molecule has 1 aromatic heterocycles. The number of thioether (sulfide) groups is 1. The summed E-state index contributed by atoms with van der Waals surface area (Å²) in [5.41, 5.74) is 2.53. The lowest BCUT2D eigenvalue weighted by atomic mass is 10.3. The van der Waals surface area contributed by atoms with Crippen molar-refractivity contribution < 1.29 is 8.42 Å². The Kier molecular flexibility index (Phi) is 6.02. The van der Waals surface area contributed by atoms with Crippen molar-refractivity contribution in [3.63, 3.8) is 0 Å². The predicted octanol–water partition coefficient (Wildman–Crippen LogP) is 3.34. The normalized spacial score (nSPS) is 11.3. The van der Waals surface area contributed by atoms with E-state index in [9.17, 15) is 8.42 Å². The summed E-state index contributed by atoms with van der Waals surface area (Å²) >= 11 is 1.30. The molecule has 0 aliphatic heterocycles. The van der Waals surface area contributed by atoms with Gasteiger partial charge >= 0.3 is 0 Å². The van der Waals surface area contributed by atoms with Crippen LogP contribution in [0.25, 0.3) is 5.69 Å². The number of aliphatic imine (C=N–C) groups is 1. The lowest BCUT2D eigenvalue weighted by Gasteiger charge is -2.06. The Bertz CT molecular complexity index is 1040. The van der Waals surface area contributed by atoms with E-state index in [1.165, 1.54) is 11.8 Å². The van der Waals surface area contributed by atoms with Gasteiger partial charge in [0.15, 0.2) is 9.84 Å². The van der Waals surface area contributed by atoms with Crippen LogP contribution in [0, 0.1) is 0 Å². The van der Waals surface area contributed by atoms with Gasteiger partial charge in [0.1, 0.15) is 0 Å². The topological polar surface area (TPSA) is 90.1 Å². The molecule has 7 nitrogen and oxygen atoms in total. The molecule has 0 fully saturated rings. The molecule has 0 saturated carbocycles. The van der Waals surface area contributed by atoms with Crippen molar-refractivity contribution >= 4 is 33.0 Å². The van der Waals surface area contributed by atoms with E-state index in [1.54, 1.807) is 35.0 Å². The van der Waals surface area contributed by atoms with Crippen molar-refractivity contribution in [2.24, 2.45) is 4.99 Å². The molecule has 2 aromatic carbocycles. The number of benzene rings is 2. The van der Waals surface area contributed by atoms with E-state index in [2.05, 4.69) is 20.5 Å². The molecule has 0 aliphatic carbocycles. The van der Waals surface area contributed by atoms with Crippen LogP contribution in [0.4, 0.5) is 5.69 Å². The summed E-state index contributed by atoms with van der Waals surface area (Å²) in [6.45, 7) is 3.86. The second kappa shape index (κ2) is 8.45. The van der Waals surface area contributed by atoms with Crippen molar-refractivity contribution in [3.05, 3.63) is 54.6 Å². The fourth-order valence-corrected chi connectivity index (χ4v) is 4.93. The van der Waals surface area contributed by atoms with E-state index in [0.29, 0.717) is 15.8 Å². The molecule has 3 rings (SSSR count). The highest BCUT2D eigenvalue weighted by Gasteiger charge is 2.16. The third kappa shape index (κ3) is 5.01. The van der Waals surface area contributed by atoms with Gasteiger partial charge in [-0.25, -0.2) is 8.42 Å². The third-order valence-electron chi connectivity index (χ3n) is 3.55. The molecule has 0 atom stereocenters. The third-order valence-corrected chi connectivity index (χ3v) is 6.46. The van der Waals surface area contributed by atoms with Crippen LogP contribution in [0.5, 0.6) is 0 Å². The minimum atomic E-state index is -3.33. The van der Waals surface area contributed by atoms with Gasteiger partial charge in [-0.1, -0.05) is 36.0 Å². The number of sulfone groups is 1. The van der Waals surface area contributed by atoms with Gasteiger partial charge in [0.05, 0.1) is 22.0 Å². The Morgan fingerprint density at radius 3 is 2.63 bits per heavy atom. The Morgan fingerprint density at radius 2 is 1.89 bits per heavy atom. The van der Waals surface area contributed by atoms with E-state index in [1.807, 2.05) is 38.1 Å². The van der Waals surface area contributed by atoms with Crippen molar-refractivity contribution in [1.29, 1.82) is 0 Å². The van der Waals surface area contributed by atoms with Gasteiger partial charge in [0.2, 0.25) is 5.16 Å². The molecule has 0 unspecified atom stereocenters. The summed E-state index contributed by atoms with van der Waals surface area (Å²) in [4.78, 5) is 4.76. The van der Waals surface area contributed by atoms with Gasteiger partial charge in [-0.3, -0.25) is 4.99 Å². The second-order valence-corrected chi connectivity index (χ2v) is 9.10. The summed E-state index contributed by atoms with van der Waals surface area (Å²) in [7, 11) is -3.33. The maximum absolute atomic E-state index is 12.4. The molecular weight excluding hydrogens is 382 g/mol. The van der Waals surface area contributed by atoms with Gasteiger partial charge in [-0.05, 0) is 54.6 Å². The Balaban J connectivity index is 1.72. The zero-order valence-electron chi connectivity index (χ0n) is 15.0. The van der Waals surface area contributed by atoms with E-state index in [4.69, 9.17) is 0 Å². The molecular formula is C18H19N5O2S2. The van der Waals surface area contributed by atoms with E-state index in [-0.39, 0.29) is 5.75 Å². The number of hydrogen-bond donors (Lipinski definition) is 0. The van der Waals surface area contributed by atoms with Gasteiger partial charge in [-0.15, -0.1) is 5.10 Å². The van der Waals surface area contributed by atoms with Crippen molar-refractivity contribution in [1.82, 2.24) is 20.2 Å². The van der Waals surface area contributed by atoms with Crippen LogP contribution in [-0.4, -0.2) is 45.8 Å². The highest BCUT2D eigenvalue weighted by molar-refractivity contribution is 8.00. The molecule has 27 heavy (non-hydrogen) atoms. The van der Waals surface area contributed by atoms with Crippen LogP contribution in [0.2, 0.25) is 0 Å². The van der Waals surface area contributed by atoms with Crippen LogP contribution in [-0.2, 0) is 9.84 Å². The van der Waals surface area contributed by atoms with E-state index < -0.39 is 9.84 Å². The summed E-state index contributed by atoms with van der Waals surface area (Å²) in [5, 5.41) is 12.3. The van der Waals surface area contributed by atoms with Gasteiger partial charge < -0.3 is 0 Å². The molecule has 0 bridgehead atoms. The molecule has 3 aromatic rings. The van der Waals surface area contributed by atoms with Gasteiger partial charge in [0.25, 0.3) is 0 Å². The lowest BCUT2D eigenvalue weighted by Crippen LogP contribution is -2.09. The molecule has 0 radical (unpaired) electrons. The number of hydrogen-bond acceptors (Lipinski definition) is 7. The maximum Gasteiger partial charge on any atom is 0.214 e. The van der Waals surface area contributed by atoms with Gasteiger partial charge in [-0.2, -0.15) is 4.68 Å². The zero-order chi connectivity index (χ0) is 19.3. The average molecular weight is 402 g/mol. The minimum Gasteiger partial charge on any atom is -0.258 e. The van der Waals surface area contributed by atoms with Crippen LogP contribution in [0.15, 0.2) is 69.6 Å². The van der Waals surface area contributed by atoms with Crippen LogP contribution in [0.1, 0.15) is 13.8 Å². The Morgan fingerprint density at radius 1 is 1.11 bits per heavy atom. The first-order chi connectivity index (χ1) is 13.0. The summed E-state index contributed by atoms with van der Waals surface area (Å²) in [5.74, 6) is 0.359. The number of nitrogens with zero attached hydrogens (tertiary/aromatic N) is 5. The van der Waals surface area contributed by atoms with E-state index in [0.717, 1.165) is 17.1 Å². The highest BCUT2D eigenvalue weighted by Crippen LogP contribution is 2.23. The first kappa shape index (κ1) is 19.2. The Hall–Kier alpha value is -2.52. The fourth-order valence-electron chi connectivity index (χ4n) is 2.37. The summed E-state index contributed by atoms with van der Waals surface area (Å²) in [6.07, 6.45) is 0. The van der Waals surface area contributed by atoms with Crippen molar-refractivity contribution in [3.8, 4) is 5.69 Å². The first-order valence-corrected chi connectivity index (χ1v) is 10.9. The maximum atomic E-state index is 12.4. The molecule has 0 spiro atoms. The monoisotopic (exact) mass is 401 g/mol. The molecule has 0 aliphatic rings. The fraction of sp³-hybridized carbons (Fsp3) is 0.222. The molecule has 1 heterocycles. The molecule has 0 saturated heterocycles. The quantitative estimate of drug-likeness (QED) is 0.445. The lowest BCUT2D eigenvalue weighted by molar-refractivity contribution is 0.597.